The third-order valence-electron chi connectivity index (χ3n) is 6.23. The number of methoxy groups -OCH3 is 2. The van der Waals surface area contributed by atoms with Crippen LogP contribution in [-0.4, -0.2) is 24.6 Å². The molecule has 6 nitrogen and oxygen atoms in total. The summed E-state index contributed by atoms with van der Waals surface area (Å²) in [5.74, 6) is 0.145. The van der Waals surface area contributed by atoms with Gasteiger partial charge < -0.3 is 15.2 Å². The number of carbonyl (C=O) groups is 1. The molecule has 7 heteroatoms. The Bertz CT molecular complexity index is 1660. The number of esters is 1. The van der Waals surface area contributed by atoms with Crippen molar-refractivity contribution in [2.45, 2.75) is 13.3 Å². The fraction of sp³-hybridized carbons (Fsp3) is 0.143. The molecule has 0 aliphatic carbocycles. The number of fused-ring (bicyclic) bond motifs is 2. The number of benzene rings is 3. The molecule has 0 aliphatic heterocycles. The molecule has 0 saturated heterocycles. The van der Waals surface area contributed by atoms with E-state index in [0.717, 1.165) is 38.8 Å². The molecule has 0 radical (unpaired) electrons. The van der Waals surface area contributed by atoms with Crippen molar-refractivity contribution in [1.29, 1.82) is 0 Å². The quantitative estimate of drug-likeness (QED) is 0.335. The second kappa shape index (κ2) is 8.92. The van der Waals surface area contributed by atoms with Gasteiger partial charge in [-0.05, 0) is 58.1 Å². The number of thiazole rings is 1. The van der Waals surface area contributed by atoms with Crippen molar-refractivity contribution in [2.75, 3.05) is 20.0 Å². The Morgan fingerprint density at radius 3 is 2.51 bits per heavy atom. The maximum absolute atomic E-state index is 13.3. The van der Waals surface area contributed by atoms with Crippen LogP contribution in [0.4, 0.5) is 5.69 Å². The normalized spacial score (nSPS) is 11.2. The lowest BCUT2D eigenvalue weighted by Gasteiger charge is -2.10. The summed E-state index contributed by atoms with van der Waals surface area (Å²) in [7, 11) is 2.91. The molecule has 0 spiro atoms. The first kappa shape index (κ1) is 22.7. The topological polar surface area (TPSA) is 83.0 Å². The zero-order valence-electron chi connectivity index (χ0n) is 19.6. The molecule has 0 unspecified atom stereocenters. The van der Waals surface area contributed by atoms with E-state index < -0.39 is 5.97 Å². The number of nitrogens with two attached hydrogens (primary N) is 1. The lowest BCUT2D eigenvalue weighted by molar-refractivity contribution is 0.0593. The predicted molar refractivity (Wildman–Crippen MR) is 141 cm³/mol. The highest BCUT2D eigenvalue weighted by Crippen LogP contribution is 2.38. The van der Waals surface area contributed by atoms with Gasteiger partial charge in [0, 0.05) is 12.5 Å². The summed E-state index contributed by atoms with van der Waals surface area (Å²) in [6, 6.07) is 21.4. The van der Waals surface area contributed by atoms with Crippen molar-refractivity contribution in [1.82, 2.24) is 4.40 Å². The smallest absolute Gasteiger partial charge is 0.356 e. The number of rotatable bonds is 5. The van der Waals surface area contributed by atoms with E-state index >= 15 is 0 Å². The fourth-order valence-electron chi connectivity index (χ4n) is 4.50. The zero-order valence-corrected chi connectivity index (χ0v) is 20.4. The lowest BCUT2D eigenvalue weighted by atomic mass is 9.98. The summed E-state index contributed by atoms with van der Waals surface area (Å²) < 4.78 is 11.8. The van der Waals surface area contributed by atoms with Crippen molar-refractivity contribution >= 4 is 38.6 Å². The molecular formula is C28H24N2O4S. The molecule has 2 aromatic heterocycles. The van der Waals surface area contributed by atoms with Crippen molar-refractivity contribution in [3.05, 3.63) is 99.5 Å². The first-order valence-corrected chi connectivity index (χ1v) is 11.9. The minimum atomic E-state index is -0.594. The van der Waals surface area contributed by atoms with Crippen LogP contribution in [0.25, 0.3) is 26.0 Å². The van der Waals surface area contributed by atoms with Gasteiger partial charge in [0.1, 0.15) is 10.6 Å². The molecule has 5 aromatic rings. The summed E-state index contributed by atoms with van der Waals surface area (Å²) >= 11 is 1.31. The Hall–Kier alpha value is -4.10. The summed E-state index contributed by atoms with van der Waals surface area (Å²) in [5, 5.41) is 2.24. The van der Waals surface area contributed by atoms with E-state index in [0.29, 0.717) is 21.8 Å². The van der Waals surface area contributed by atoms with Gasteiger partial charge in [-0.3, -0.25) is 9.20 Å². The average molecular weight is 485 g/mol. The van der Waals surface area contributed by atoms with Crippen molar-refractivity contribution < 1.29 is 14.3 Å². The van der Waals surface area contributed by atoms with Gasteiger partial charge in [0.05, 0.1) is 24.8 Å². The van der Waals surface area contributed by atoms with Crippen molar-refractivity contribution in [2.24, 2.45) is 0 Å². The number of nitrogen functional groups attached to an aromatic ring is 1. The van der Waals surface area contributed by atoms with Crippen LogP contribution in [0.3, 0.4) is 0 Å². The minimum Gasteiger partial charge on any atom is -0.496 e. The molecule has 0 bridgehead atoms. The van der Waals surface area contributed by atoms with E-state index in [4.69, 9.17) is 15.2 Å². The number of anilines is 1. The van der Waals surface area contributed by atoms with Gasteiger partial charge in [0.25, 0.3) is 5.56 Å². The molecule has 35 heavy (non-hydrogen) atoms. The number of hydrogen-bond donors (Lipinski definition) is 1. The van der Waals surface area contributed by atoms with Gasteiger partial charge in [-0.2, -0.15) is 0 Å². The Morgan fingerprint density at radius 1 is 1.00 bits per heavy atom. The largest absolute Gasteiger partial charge is 0.496 e. The summed E-state index contributed by atoms with van der Waals surface area (Å²) in [4.78, 5) is 27.3. The summed E-state index contributed by atoms with van der Waals surface area (Å²) in [6.45, 7) is 1.93. The van der Waals surface area contributed by atoms with Gasteiger partial charge in [-0.15, -0.1) is 11.3 Å². The number of carbonyl (C=O) groups excluding carboxylic acids is 1. The number of aromatic nitrogens is 1. The Kier molecular flexibility index (Phi) is 5.78. The highest BCUT2D eigenvalue weighted by molar-refractivity contribution is 7.21. The molecule has 0 amide bonds. The van der Waals surface area contributed by atoms with Crippen LogP contribution >= 0.6 is 11.3 Å². The van der Waals surface area contributed by atoms with Gasteiger partial charge in [0.15, 0.2) is 5.69 Å². The number of ether oxygens (including phenoxy) is 2. The molecule has 0 fully saturated rings. The third kappa shape index (κ3) is 3.84. The van der Waals surface area contributed by atoms with E-state index in [1.54, 1.807) is 7.11 Å². The molecule has 2 N–H and O–H groups in total. The lowest BCUT2D eigenvalue weighted by Crippen LogP contribution is -2.20. The molecular weight excluding hydrogens is 460 g/mol. The highest BCUT2D eigenvalue weighted by atomic mass is 32.1. The minimum absolute atomic E-state index is 0.172. The third-order valence-corrected chi connectivity index (χ3v) is 7.46. The van der Waals surface area contributed by atoms with Gasteiger partial charge >= 0.3 is 5.97 Å². The Balaban J connectivity index is 1.72. The van der Waals surface area contributed by atoms with E-state index in [-0.39, 0.29) is 11.3 Å². The molecule has 0 atom stereocenters. The average Bonchev–Trinajstić information content (AvgIpc) is 3.28. The summed E-state index contributed by atoms with van der Waals surface area (Å²) in [6.07, 6.45) is 0.501. The molecule has 5 rings (SSSR count). The predicted octanol–water partition coefficient (Wildman–Crippen LogP) is 5.46. The van der Waals surface area contributed by atoms with E-state index in [9.17, 15) is 9.59 Å². The fourth-order valence-corrected chi connectivity index (χ4v) is 5.73. The second-order valence-corrected chi connectivity index (χ2v) is 9.33. The first-order chi connectivity index (χ1) is 16.9. The van der Waals surface area contributed by atoms with E-state index in [1.165, 1.54) is 28.9 Å². The molecule has 176 valence electrons. The highest BCUT2D eigenvalue weighted by Gasteiger charge is 2.25. The van der Waals surface area contributed by atoms with Crippen LogP contribution < -0.4 is 16.0 Å². The Labute approximate surface area is 206 Å². The number of nitrogens with zero attached hydrogens (tertiary/aromatic N) is 1. The number of aryl methyl sites for hydroxylation is 1. The van der Waals surface area contributed by atoms with Gasteiger partial charge in [0.2, 0.25) is 0 Å². The molecule has 2 heterocycles. The maximum atomic E-state index is 13.3. The van der Waals surface area contributed by atoms with Crippen LogP contribution in [0.15, 0.2) is 71.5 Å². The van der Waals surface area contributed by atoms with Crippen molar-refractivity contribution in [3.63, 3.8) is 0 Å². The van der Waals surface area contributed by atoms with Crippen LogP contribution in [0, 0.1) is 6.92 Å². The van der Waals surface area contributed by atoms with Crippen LogP contribution in [-0.2, 0) is 11.2 Å². The molecule has 0 saturated carbocycles. The van der Waals surface area contributed by atoms with E-state index in [2.05, 4.69) is 18.2 Å². The monoisotopic (exact) mass is 484 g/mol. The van der Waals surface area contributed by atoms with Gasteiger partial charge in [-0.1, -0.05) is 42.5 Å². The van der Waals surface area contributed by atoms with Crippen LogP contribution in [0.1, 0.15) is 27.2 Å². The van der Waals surface area contributed by atoms with Gasteiger partial charge in [-0.25, -0.2) is 4.79 Å². The SMILES string of the molecule is COC(=O)c1c(-c2ccc(OC)c(C)c2)sc2c(N)c(Cc3cccc4ccccc34)cc(=O)n12. The van der Waals surface area contributed by atoms with Crippen molar-refractivity contribution in [3.8, 4) is 16.2 Å². The number of hydrogen-bond acceptors (Lipinski definition) is 6. The summed E-state index contributed by atoms with van der Waals surface area (Å²) in [5.41, 5.74) is 10.5. The van der Waals surface area contributed by atoms with Crippen LogP contribution in [0.5, 0.6) is 5.75 Å². The maximum Gasteiger partial charge on any atom is 0.356 e. The zero-order chi connectivity index (χ0) is 24.7. The van der Waals surface area contributed by atoms with E-state index in [1.807, 2.05) is 49.4 Å². The molecule has 0 aliphatic rings. The van der Waals surface area contributed by atoms with Crippen LogP contribution in [0.2, 0.25) is 0 Å². The molecule has 3 aromatic carbocycles. The first-order valence-electron chi connectivity index (χ1n) is 11.1. The second-order valence-electron chi connectivity index (χ2n) is 8.33. The number of pyridine rings is 1. The standard InChI is InChI=1S/C28H24N2O4S/c1-16-13-19(11-12-22(16)33-2)26-25(28(32)34-3)30-23(31)15-20(24(29)27(30)35-26)14-18-9-6-8-17-7-4-5-10-21(17)18/h4-13,15H,14,29H2,1-3H3. The Morgan fingerprint density at radius 2 is 1.77 bits per heavy atom.